The Balaban J connectivity index is 2.92. The van der Waals surface area contributed by atoms with Crippen molar-refractivity contribution >= 4 is 62.9 Å². The van der Waals surface area contributed by atoms with Crippen molar-refractivity contribution in [3.05, 3.63) is 29.8 Å². The van der Waals surface area contributed by atoms with E-state index in [1.807, 2.05) is 23.3 Å². The molecule has 1 rings (SSSR count). The molecule has 1 aromatic rings. The largest absolute Gasteiger partial charge is 0.355 e. The zero-order chi connectivity index (χ0) is 45.1. The molecule has 0 aliphatic carbocycles. The Labute approximate surface area is 367 Å². The van der Waals surface area contributed by atoms with Crippen LogP contribution >= 0.6 is 21.6 Å². The lowest BCUT2D eigenvalue weighted by molar-refractivity contribution is -0.124. The van der Waals surface area contributed by atoms with Crippen LogP contribution in [0.3, 0.4) is 0 Å². The first-order chi connectivity index (χ1) is 29.4. The summed E-state index contributed by atoms with van der Waals surface area (Å²) in [6.07, 6.45) is 2.70. The van der Waals surface area contributed by atoms with E-state index in [9.17, 15) is 33.6 Å². The van der Waals surface area contributed by atoms with Gasteiger partial charge in [-0.25, -0.2) is 0 Å². The summed E-state index contributed by atoms with van der Waals surface area (Å²) in [5, 5.41) is 19.5. The van der Waals surface area contributed by atoms with Crippen LogP contribution in [-0.2, 0) is 28.8 Å². The SMILES string of the molecule is CSSc1ccc(C(=O)NCCN(CCC(=O)NCN(CCC(=O)NCCN)CCC(=O)NCCN)CCC(=O)NCN(CCC(=O)NCCN)CCC(=O)NCCN)cc1. The van der Waals surface area contributed by atoms with Crippen molar-refractivity contribution in [1.29, 1.82) is 0 Å². The van der Waals surface area contributed by atoms with Crippen LogP contribution in [0.5, 0.6) is 0 Å². The zero-order valence-electron chi connectivity index (χ0n) is 35.6. The third kappa shape index (κ3) is 29.0. The highest BCUT2D eigenvalue weighted by atomic mass is 33.1. The smallest absolute Gasteiger partial charge is 0.251 e. The van der Waals surface area contributed by atoms with Gasteiger partial charge < -0.3 is 65.1 Å². The maximum absolute atomic E-state index is 13.1. The number of carbonyl (C=O) groups excluding carboxylic acids is 7. The van der Waals surface area contributed by atoms with E-state index in [2.05, 4.69) is 37.2 Å². The van der Waals surface area contributed by atoms with E-state index in [0.717, 1.165) is 4.90 Å². The van der Waals surface area contributed by atoms with Gasteiger partial charge in [-0.3, -0.25) is 43.4 Å². The molecule has 0 aliphatic heterocycles. The number of nitrogens with one attached hydrogen (secondary N) is 7. The van der Waals surface area contributed by atoms with Gasteiger partial charge in [0.15, 0.2) is 0 Å². The van der Waals surface area contributed by atoms with E-state index in [1.165, 1.54) is 0 Å². The summed E-state index contributed by atoms with van der Waals surface area (Å²) in [6.45, 7) is 5.08. The fourth-order valence-electron chi connectivity index (χ4n) is 5.40. The molecule has 0 unspecified atom stereocenters. The number of benzene rings is 1. The first-order valence-corrected chi connectivity index (χ1v) is 23.2. The van der Waals surface area contributed by atoms with Gasteiger partial charge in [-0.15, -0.1) is 0 Å². The van der Waals surface area contributed by atoms with Crippen molar-refractivity contribution in [3.8, 4) is 0 Å². The molecule has 61 heavy (non-hydrogen) atoms. The molecule has 346 valence electrons. The second-order valence-corrected chi connectivity index (χ2v) is 16.2. The molecule has 0 aliphatic rings. The quantitative estimate of drug-likeness (QED) is 0.0230. The van der Waals surface area contributed by atoms with Crippen LogP contribution in [0, 0.1) is 0 Å². The fourth-order valence-corrected chi connectivity index (χ4v) is 6.75. The van der Waals surface area contributed by atoms with E-state index >= 15 is 0 Å². The van der Waals surface area contributed by atoms with Gasteiger partial charge in [0, 0.05) is 154 Å². The summed E-state index contributed by atoms with van der Waals surface area (Å²) in [4.78, 5) is 94.6. The normalized spacial score (nSPS) is 11.0. The molecule has 0 aromatic heterocycles. The highest BCUT2D eigenvalue weighted by Gasteiger charge is 2.17. The number of carbonyl (C=O) groups is 7. The summed E-state index contributed by atoms with van der Waals surface area (Å²) >= 11 is 0. The predicted molar refractivity (Wildman–Crippen MR) is 240 cm³/mol. The van der Waals surface area contributed by atoms with Crippen molar-refractivity contribution in [2.75, 3.05) is 124 Å². The van der Waals surface area contributed by atoms with Crippen LogP contribution < -0.4 is 60.2 Å². The topological polar surface area (TPSA) is 317 Å². The molecule has 0 fully saturated rings. The summed E-state index contributed by atoms with van der Waals surface area (Å²) < 4.78 is 0. The fraction of sp³-hybridized carbons (Fsp3) is 0.658. The third-order valence-electron chi connectivity index (χ3n) is 8.81. The maximum Gasteiger partial charge on any atom is 0.251 e. The minimum absolute atomic E-state index is 0.0676. The molecule has 15 N–H and O–H groups in total. The Bertz CT molecular complexity index is 1330. The van der Waals surface area contributed by atoms with Gasteiger partial charge in [0.2, 0.25) is 35.4 Å². The van der Waals surface area contributed by atoms with Crippen LogP contribution in [0.15, 0.2) is 29.2 Å². The number of nitrogens with zero attached hydrogens (tertiary/aromatic N) is 3. The van der Waals surface area contributed by atoms with Gasteiger partial charge in [0.1, 0.15) is 0 Å². The van der Waals surface area contributed by atoms with Crippen molar-refractivity contribution in [3.63, 3.8) is 0 Å². The monoisotopic (exact) mass is 898 g/mol. The van der Waals surface area contributed by atoms with Gasteiger partial charge >= 0.3 is 0 Å². The molecule has 0 bridgehead atoms. The molecule has 0 radical (unpaired) electrons. The molecule has 0 saturated carbocycles. The number of rotatable bonds is 36. The standard InChI is InChI=1S/C38H70N14O7S2/c1-60-61-31-4-2-30(3-5-31)38(59)47-20-27-50(21-6-36(57)48-28-51(23-8-32(53)43-16-12-39)24-9-33(54)44-17-13-40)22-7-37(58)49-29-52(25-10-34(55)45-18-14-41)26-11-35(56)46-19-15-42/h2-5H,6-29,39-42H2,1H3,(H,43,53)(H,44,54)(H,45,55)(H,46,56)(H,47,59)(H,48,57)(H,49,58). The molecule has 0 saturated heterocycles. The summed E-state index contributed by atoms with van der Waals surface area (Å²) in [5.74, 6) is -1.61. The first kappa shape index (κ1) is 54.9. The zero-order valence-corrected chi connectivity index (χ0v) is 37.2. The van der Waals surface area contributed by atoms with E-state index in [0.29, 0.717) is 90.6 Å². The number of hydrogen-bond acceptors (Lipinski definition) is 16. The van der Waals surface area contributed by atoms with Crippen LogP contribution in [0.2, 0.25) is 0 Å². The lowest BCUT2D eigenvalue weighted by Gasteiger charge is -2.25. The van der Waals surface area contributed by atoms with Gasteiger partial charge in [0.25, 0.3) is 5.91 Å². The summed E-state index contributed by atoms with van der Waals surface area (Å²) in [5.41, 5.74) is 22.4. The molecule has 23 heteroatoms. The summed E-state index contributed by atoms with van der Waals surface area (Å²) in [7, 11) is 3.20. The van der Waals surface area contributed by atoms with E-state index in [4.69, 9.17) is 22.9 Å². The minimum Gasteiger partial charge on any atom is -0.355 e. The van der Waals surface area contributed by atoms with Gasteiger partial charge in [-0.05, 0) is 30.5 Å². The highest BCUT2D eigenvalue weighted by Crippen LogP contribution is 2.28. The van der Waals surface area contributed by atoms with Crippen molar-refractivity contribution < 1.29 is 33.6 Å². The lowest BCUT2D eigenvalue weighted by Crippen LogP contribution is -2.44. The molecule has 0 atom stereocenters. The van der Waals surface area contributed by atoms with Crippen LogP contribution in [0.4, 0.5) is 0 Å². The minimum atomic E-state index is -0.284. The maximum atomic E-state index is 13.1. The predicted octanol–water partition coefficient (Wildman–Crippen LogP) is -3.52. The molecular weight excluding hydrogens is 829 g/mol. The highest BCUT2D eigenvalue weighted by molar-refractivity contribution is 8.76. The number of amides is 7. The van der Waals surface area contributed by atoms with Gasteiger partial charge in [-0.2, -0.15) is 0 Å². The average molecular weight is 899 g/mol. The Morgan fingerprint density at radius 1 is 0.443 bits per heavy atom. The third-order valence-corrected chi connectivity index (χ3v) is 10.5. The summed E-state index contributed by atoms with van der Waals surface area (Å²) in [6, 6.07) is 7.27. The van der Waals surface area contributed by atoms with Gasteiger partial charge in [-0.1, -0.05) is 21.6 Å². The Hall–Kier alpha value is -4.07. The van der Waals surface area contributed by atoms with Crippen molar-refractivity contribution in [2.45, 2.75) is 43.4 Å². The van der Waals surface area contributed by atoms with E-state index < -0.39 is 0 Å². The van der Waals surface area contributed by atoms with Crippen molar-refractivity contribution in [1.82, 2.24) is 51.9 Å². The number of nitrogens with two attached hydrogens (primary N) is 4. The molecular formula is C38H70N14O7S2. The second kappa shape index (κ2) is 35.5. The molecule has 1 aromatic carbocycles. The Kier molecular flexibility index (Phi) is 32.0. The molecule has 7 amide bonds. The van der Waals surface area contributed by atoms with E-state index in [1.54, 1.807) is 43.5 Å². The Morgan fingerprint density at radius 3 is 1.10 bits per heavy atom. The Morgan fingerprint density at radius 2 is 0.770 bits per heavy atom. The number of hydrogen-bond donors (Lipinski definition) is 11. The van der Waals surface area contributed by atoms with E-state index in [-0.39, 0.29) is 113 Å². The lowest BCUT2D eigenvalue weighted by atomic mass is 10.2. The first-order valence-electron chi connectivity index (χ1n) is 20.6. The molecule has 0 spiro atoms. The average Bonchev–Trinajstić information content (AvgIpc) is 3.26. The van der Waals surface area contributed by atoms with Gasteiger partial charge in [0.05, 0.1) is 13.3 Å². The van der Waals surface area contributed by atoms with Crippen LogP contribution in [0.1, 0.15) is 48.9 Å². The molecule has 0 heterocycles. The second-order valence-electron chi connectivity index (χ2n) is 13.7. The van der Waals surface area contributed by atoms with Crippen molar-refractivity contribution in [2.24, 2.45) is 22.9 Å². The van der Waals surface area contributed by atoms with Crippen LogP contribution in [-0.4, -0.2) is 180 Å². The van der Waals surface area contributed by atoms with Crippen LogP contribution in [0.25, 0.3) is 0 Å². The molecule has 21 nitrogen and oxygen atoms in total.